The first-order chi connectivity index (χ1) is 18.0. The van der Waals surface area contributed by atoms with E-state index in [-0.39, 0.29) is 21.4 Å². The van der Waals surface area contributed by atoms with Crippen molar-refractivity contribution in [3.8, 4) is 11.8 Å². The molecule has 7 nitrogen and oxygen atoms in total. The van der Waals surface area contributed by atoms with Gasteiger partial charge in [-0.05, 0) is 41.5 Å². The number of rotatable bonds is 9. The van der Waals surface area contributed by atoms with E-state index in [1.807, 2.05) is 60.7 Å². The average Bonchev–Trinajstić information content (AvgIpc) is 2.93. The predicted octanol–water partition coefficient (Wildman–Crippen LogP) is 4.91. The molecule has 2 aromatic carbocycles. The molecular formula is C28H26Cl2N4O3. The molecular weight excluding hydrogens is 511 g/mol. The zero-order valence-electron chi connectivity index (χ0n) is 20.1. The molecule has 0 saturated carbocycles. The van der Waals surface area contributed by atoms with Gasteiger partial charge < -0.3 is 14.8 Å². The highest BCUT2D eigenvalue weighted by atomic mass is 35.5. The molecule has 1 saturated heterocycles. The summed E-state index contributed by atoms with van der Waals surface area (Å²) >= 11 is 12.1. The van der Waals surface area contributed by atoms with E-state index in [4.69, 9.17) is 32.7 Å². The molecule has 9 heteroatoms. The Morgan fingerprint density at radius 1 is 1.08 bits per heavy atom. The second-order valence-corrected chi connectivity index (χ2v) is 9.15. The van der Waals surface area contributed by atoms with E-state index in [1.165, 1.54) is 12.1 Å². The first-order valence-electron chi connectivity index (χ1n) is 11.9. The largest absolute Gasteiger partial charge is 0.492 e. The van der Waals surface area contributed by atoms with Crippen LogP contribution in [-0.2, 0) is 9.53 Å². The zero-order chi connectivity index (χ0) is 26.0. The van der Waals surface area contributed by atoms with Crippen LogP contribution in [0.4, 0.5) is 0 Å². The summed E-state index contributed by atoms with van der Waals surface area (Å²) in [5.74, 6) is 0.189. The summed E-state index contributed by atoms with van der Waals surface area (Å²) < 4.78 is 11.3. The van der Waals surface area contributed by atoms with Crippen LogP contribution in [-0.4, -0.2) is 55.2 Å². The lowest BCUT2D eigenvalue weighted by Gasteiger charge is -2.26. The van der Waals surface area contributed by atoms with Crippen LogP contribution >= 0.6 is 23.2 Å². The number of hydrogen-bond acceptors (Lipinski definition) is 6. The number of benzene rings is 2. The quantitative estimate of drug-likeness (QED) is 0.237. The minimum Gasteiger partial charge on any atom is -0.492 e. The Labute approximate surface area is 226 Å². The number of halogens is 2. The van der Waals surface area contributed by atoms with Crippen LogP contribution < -0.4 is 10.1 Å². The smallest absolute Gasteiger partial charge is 0.262 e. The van der Waals surface area contributed by atoms with Gasteiger partial charge in [0.15, 0.2) is 0 Å². The average molecular weight is 537 g/mol. The Morgan fingerprint density at radius 3 is 2.49 bits per heavy atom. The van der Waals surface area contributed by atoms with Crippen molar-refractivity contribution in [1.82, 2.24) is 15.2 Å². The number of nitrogens with zero attached hydrogens (tertiary/aromatic N) is 3. The molecule has 37 heavy (non-hydrogen) atoms. The highest BCUT2D eigenvalue weighted by Gasteiger charge is 2.20. The highest BCUT2D eigenvalue weighted by Crippen LogP contribution is 2.25. The normalized spacial score (nSPS) is 15.0. The lowest BCUT2D eigenvalue weighted by Crippen LogP contribution is -2.38. The maximum Gasteiger partial charge on any atom is 0.262 e. The number of pyridine rings is 1. The number of nitrogens with one attached hydrogen (secondary N) is 1. The van der Waals surface area contributed by atoms with Gasteiger partial charge in [-0.3, -0.25) is 9.69 Å². The van der Waals surface area contributed by atoms with Gasteiger partial charge in [0.2, 0.25) is 0 Å². The number of aromatic nitrogens is 1. The molecule has 1 amide bonds. The van der Waals surface area contributed by atoms with Gasteiger partial charge in [0.25, 0.3) is 5.91 Å². The van der Waals surface area contributed by atoms with E-state index < -0.39 is 11.9 Å². The maximum absolute atomic E-state index is 13.1. The molecule has 1 unspecified atom stereocenters. The molecule has 1 atom stereocenters. The molecule has 0 spiro atoms. The van der Waals surface area contributed by atoms with Crippen molar-refractivity contribution in [1.29, 1.82) is 5.26 Å². The summed E-state index contributed by atoms with van der Waals surface area (Å²) in [5.41, 5.74) is 1.82. The van der Waals surface area contributed by atoms with Gasteiger partial charge in [0.1, 0.15) is 29.2 Å². The number of amides is 1. The fourth-order valence-corrected chi connectivity index (χ4v) is 4.22. The van der Waals surface area contributed by atoms with E-state index in [9.17, 15) is 10.1 Å². The fourth-order valence-electron chi connectivity index (χ4n) is 3.91. The lowest BCUT2D eigenvalue weighted by molar-refractivity contribution is -0.117. The zero-order valence-corrected chi connectivity index (χ0v) is 21.6. The number of morpholine rings is 1. The van der Waals surface area contributed by atoms with Crippen molar-refractivity contribution >= 4 is 35.2 Å². The fraction of sp³-hybridized carbons (Fsp3) is 0.250. The molecule has 1 aliphatic rings. The van der Waals surface area contributed by atoms with E-state index in [0.717, 1.165) is 49.7 Å². The van der Waals surface area contributed by atoms with E-state index in [1.54, 1.807) is 6.07 Å². The van der Waals surface area contributed by atoms with Crippen LogP contribution in [0.1, 0.15) is 22.9 Å². The van der Waals surface area contributed by atoms with Crippen molar-refractivity contribution in [3.63, 3.8) is 0 Å². The monoisotopic (exact) mass is 536 g/mol. The van der Waals surface area contributed by atoms with Gasteiger partial charge in [-0.1, -0.05) is 65.7 Å². The summed E-state index contributed by atoms with van der Waals surface area (Å²) in [6.45, 7) is 4.76. The molecule has 1 N–H and O–H groups in total. The molecule has 1 aromatic heterocycles. The number of nitriles is 1. The Morgan fingerprint density at radius 2 is 1.78 bits per heavy atom. The van der Waals surface area contributed by atoms with Crippen LogP contribution in [0.2, 0.25) is 10.2 Å². The first kappa shape index (κ1) is 26.6. The number of ether oxygens (including phenoxy) is 2. The van der Waals surface area contributed by atoms with Crippen molar-refractivity contribution in [3.05, 3.63) is 99.3 Å². The molecule has 0 aliphatic carbocycles. The molecule has 0 radical (unpaired) electrons. The Kier molecular flexibility index (Phi) is 9.52. The highest BCUT2D eigenvalue weighted by molar-refractivity contribution is 6.33. The number of carbonyl (C=O) groups is 1. The number of hydrogen-bond donors (Lipinski definition) is 1. The van der Waals surface area contributed by atoms with Crippen LogP contribution in [0.25, 0.3) is 6.08 Å². The maximum atomic E-state index is 13.1. The van der Waals surface area contributed by atoms with Crippen LogP contribution in [0.5, 0.6) is 5.75 Å². The van der Waals surface area contributed by atoms with Crippen molar-refractivity contribution in [2.75, 3.05) is 39.5 Å². The van der Waals surface area contributed by atoms with Crippen molar-refractivity contribution in [2.24, 2.45) is 0 Å². The van der Waals surface area contributed by atoms with Gasteiger partial charge in [-0.25, -0.2) is 4.98 Å². The van der Waals surface area contributed by atoms with Crippen molar-refractivity contribution in [2.45, 2.75) is 6.04 Å². The molecule has 0 bridgehead atoms. The second-order valence-electron chi connectivity index (χ2n) is 8.36. The topological polar surface area (TPSA) is 87.5 Å². The lowest BCUT2D eigenvalue weighted by atomic mass is 9.98. The summed E-state index contributed by atoms with van der Waals surface area (Å²) in [7, 11) is 0. The third kappa shape index (κ3) is 7.54. The minimum absolute atomic E-state index is 0.138. The van der Waals surface area contributed by atoms with Gasteiger partial charge >= 0.3 is 0 Å². The molecule has 190 valence electrons. The Hall–Kier alpha value is -3.41. The van der Waals surface area contributed by atoms with Gasteiger partial charge in [0.05, 0.1) is 30.0 Å². The summed E-state index contributed by atoms with van der Waals surface area (Å²) in [5, 5.41) is 13.1. The summed E-state index contributed by atoms with van der Waals surface area (Å²) in [4.78, 5) is 19.6. The Bertz CT molecular complexity index is 1270. The van der Waals surface area contributed by atoms with Crippen LogP contribution in [0, 0.1) is 11.3 Å². The molecule has 3 aromatic rings. The van der Waals surface area contributed by atoms with Crippen molar-refractivity contribution < 1.29 is 14.3 Å². The number of carbonyl (C=O) groups excluding carboxylic acids is 1. The first-order valence-corrected chi connectivity index (χ1v) is 12.6. The minimum atomic E-state index is -0.556. The van der Waals surface area contributed by atoms with Gasteiger partial charge in [-0.15, -0.1) is 0 Å². The SMILES string of the molecule is N#C/C(=C\c1nc(Cl)ccc1Cl)C(=O)NC(c1ccccc1)c1ccc(OCCN2CCOCC2)cc1. The summed E-state index contributed by atoms with van der Waals surface area (Å²) in [6.07, 6.45) is 1.33. The van der Waals surface area contributed by atoms with Gasteiger partial charge in [-0.2, -0.15) is 5.26 Å². The summed E-state index contributed by atoms with van der Waals surface area (Å²) in [6, 6.07) is 21.7. The predicted molar refractivity (Wildman–Crippen MR) is 143 cm³/mol. The van der Waals surface area contributed by atoms with E-state index in [2.05, 4.69) is 15.2 Å². The molecule has 4 rings (SSSR count). The molecule has 1 fully saturated rings. The standard InChI is InChI=1S/C28H26Cl2N4O3/c29-24-10-11-26(30)32-25(24)18-22(19-31)28(35)33-27(20-4-2-1-3-5-20)21-6-8-23(9-7-21)37-17-14-34-12-15-36-16-13-34/h1-11,18,27H,12-17H2,(H,33,35)/b22-18+. The molecule has 2 heterocycles. The van der Waals surface area contributed by atoms with Gasteiger partial charge in [0, 0.05) is 19.6 Å². The van der Waals surface area contributed by atoms with Crippen LogP contribution in [0.3, 0.4) is 0 Å². The van der Waals surface area contributed by atoms with Crippen LogP contribution in [0.15, 0.2) is 72.3 Å². The van der Waals surface area contributed by atoms with E-state index in [0.29, 0.717) is 6.61 Å². The second kappa shape index (κ2) is 13.2. The van der Waals surface area contributed by atoms with E-state index >= 15 is 0 Å². The molecule has 1 aliphatic heterocycles. The third-order valence-electron chi connectivity index (χ3n) is 5.89. The third-order valence-corrected chi connectivity index (χ3v) is 6.42. The Balaban J connectivity index is 1.49.